The molecule has 1 atom stereocenters. The van der Waals surface area contributed by atoms with E-state index < -0.39 is 0 Å². The van der Waals surface area contributed by atoms with Crippen LogP contribution in [0.5, 0.6) is 0 Å². The van der Waals surface area contributed by atoms with Gasteiger partial charge in [-0.15, -0.1) is 0 Å². The second-order valence-electron chi connectivity index (χ2n) is 4.89. The third kappa shape index (κ3) is 2.85. The highest BCUT2D eigenvalue weighted by atomic mass is 16.4. The second kappa shape index (κ2) is 4.87. The molecule has 1 aliphatic heterocycles. The van der Waals surface area contributed by atoms with Gasteiger partial charge in [-0.05, 0) is 33.2 Å². The topological polar surface area (TPSA) is 67.2 Å². The summed E-state index contributed by atoms with van der Waals surface area (Å²) in [6.45, 7) is 5.94. The van der Waals surface area contributed by atoms with Crippen molar-refractivity contribution in [3.8, 4) is 0 Å². The van der Waals surface area contributed by atoms with E-state index in [0.717, 1.165) is 31.7 Å². The number of carbonyl (C=O) groups excluding carboxylic acids is 1. The molecule has 1 fully saturated rings. The summed E-state index contributed by atoms with van der Waals surface area (Å²) >= 11 is 0. The van der Waals surface area contributed by atoms with Crippen molar-refractivity contribution in [3.63, 3.8) is 0 Å². The first kappa shape index (κ1) is 12.1. The number of amides is 1. The summed E-state index contributed by atoms with van der Waals surface area (Å²) in [6.07, 6.45) is 3.63. The van der Waals surface area contributed by atoms with E-state index in [4.69, 9.17) is 4.42 Å². The summed E-state index contributed by atoms with van der Waals surface area (Å²) in [5, 5.41) is 6.15. The van der Waals surface area contributed by atoms with Gasteiger partial charge in [0, 0.05) is 6.54 Å². The molecule has 1 unspecified atom stereocenters. The summed E-state index contributed by atoms with van der Waals surface area (Å²) in [7, 11) is 0. The van der Waals surface area contributed by atoms with Gasteiger partial charge in [-0.25, -0.2) is 4.98 Å². The molecule has 1 aliphatic rings. The fraction of sp³-hybridized carbons (Fsp3) is 0.667. The minimum absolute atomic E-state index is 0.0700. The minimum Gasteiger partial charge on any atom is -0.444 e. The van der Waals surface area contributed by atoms with Crippen molar-refractivity contribution >= 4 is 5.91 Å². The average molecular weight is 237 g/mol. The zero-order chi connectivity index (χ0) is 12.3. The maximum Gasteiger partial charge on any atom is 0.227 e. The van der Waals surface area contributed by atoms with Gasteiger partial charge in [0.05, 0.1) is 18.2 Å². The van der Waals surface area contributed by atoms with E-state index in [2.05, 4.69) is 15.6 Å². The first-order chi connectivity index (χ1) is 8.10. The molecule has 0 aliphatic carbocycles. The quantitative estimate of drug-likeness (QED) is 0.822. The molecule has 1 saturated heterocycles. The predicted molar refractivity (Wildman–Crippen MR) is 63.3 cm³/mol. The van der Waals surface area contributed by atoms with Crippen molar-refractivity contribution in [3.05, 3.63) is 17.8 Å². The SMILES string of the molecule is Cc1cnc(CNC(=O)C2(C)CCCNC2)o1. The van der Waals surface area contributed by atoms with Crippen LogP contribution >= 0.6 is 0 Å². The second-order valence-corrected chi connectivity index (χ2v) is 4.89. The number of oxazole rings is 1. The zero-order valence-electron chi connectivity index (χ0n) is 10.4. The smallest absolute Gasteiger partial charge is 0.227 e. The van der Waals surface area contributed by atoms with Gasteiger partial charge in [0.1, 0.15) is 5.76 Å². The Kier molecular flexibility index (Phi) is 3.47. The summed E-state index contributed by atoms with van der Waals surface area (Å²) in [4.78, 5) is 16.1. The standard InChI is InChI=1S/C12H19N3O2/c1-9-6-14-10(17-9)7-15-11(16)12(2)4-3-5-13-8-12/h6,13H,3-5,7-8H2,1-2H3,(H,15,16). The summed E-state index contributed by atoms with van der Waals surface area (Å²) in [6, 6.07) is 0. The Hall–Kier alpha value is -1.36. The third-order valence-corrected chi connectivity index (χ3v) is 3.21. The number of hydrogen-bond acceptors (Lipinski definition) is 4. The van der Waals surface area contributed by atoms with Crippen LogP contribution in [-0.2, 0) is 11.3 Å². The number of rotatable bonds is 3. The van der Waals surface area contributed by atoms with Crippen LogP contribution < -0.4 is 10.6 Å². The van der Waals surface area contributed by atoms with Gasteiger partial charge in [-0.1, -0.05) is 0 Å². The van der Waals surface area contributed by atoms with Gasteiger partial charge in [-0.2, -0.15) is 0 Å². The zero-order valence-corrected chi connectivity index (χ0v) is 10.4. The number of aryl methyl sites for hydroxylation is 1. The Balaban J connectivity index is 1.88. The van der Waals surface area contributed by atoms with E-state index in [1.54, 1.807) is 6.20 Å². The Morgan fingerprint density at radius 1 is 1.71 bits per heavy atom. The van der Waals surface area contributed by atoms with Gasteiger partial charge in [0.25, 0.3) is 0 Å². The van der Waals surface area contributed by atoms with E-state index in [-0.39, 0.29) is 11.3 Å². The molecule has 94 valence electrons. The van der Waals surface area contributed by atoms with Gasteiger partial charge in [0.2, 0.25) is 11.8 Å². The van der Waals surface area contributed by atoms with Gasteiger partial charge in [-0.3, -0.25) is 4.79 Å². The Labute approximate surface area is 101 Å². The highest BCUT2D eigenvalue weighted by molar-refractivity contribution is 5.82. The van der Waals surface area contributed by atoms with Crippen molar-refractivity contribution < 1.29 is 9.21 Å². The normalized spacial score (nSPS) is 24.6. The van der Waals surface area contributed by atoms with Crippen LogP contribution in [0.4, 0.5) is 0 Å². The number of nitrogens with zero attached hydrogens (tertiary/aromatic N) is 1. The molecular weight excluding hydrogens is 218 g/mol. The molecule has 2 heterocycles. The number of piperidine rings is 1. The minimum atomic E-state index is -0.306. The maximum atomic E-state index is 12.1. The Bertz CT molecular complexity index is 394. The predicted octanol–water partition coefficient (Wildman–Crippen LogP) is 0.989. The average Bonchev–Trinajstić information content (AvgIpc) is 2.73. The van der Waals surface area contributed by atoms with E-state index in [1.807, 2.05) is 13.8 Å². The number of carbonyl (C=O) groups is 1. The third-order valence-electron chi connectivity index (χ3n) is 3.21. The van der Waals surface area contributed by atoms with Crippen molar-refractivity contribution in [1.82, 2.24) is 15.6 Å². The molecule has 0 spiro atoms. The van der Waals surface area contributed by atoms with Crippen molar-refractivity contribution in [2.45, 2.75) is 33.2 Å². The molecule has 1 aromatic heterocycles. The van der Waals surface area contributed by atoms with Crippen LogP contribution in [0.1, 0.15) is 31.4 Å². The molecule has 0 radical (unpaired) electrons. The first-order valence-corrected chi connectivity index (χ1v) is 6.00. The molecule has 5 nitrogen and oxygen atoms in total. The molecule has 2 rings (SSSR count). The molecule has 17 heavy (non-hydrogen) atoms. The van der Waals surface area contributed by atoms with Gasteiger partial charge < -0.3 is 15.1 Å². The molecule has 0 saturated carbocycles. The van der Waals surface area contributed by atoms with Crippen LogP contribution in [0.15, 0.2) is 10.6 Å². The number of nitrogens with one attached hydrogen (secondary N) is 2. The first-order valence-electron chi connectivity index (χ1n) is 6.00. The lowest BCUT2D eigenvalue weighted by Gasteiger charge is -2.32. The molecule has 2 N–H and O–H groups in total. The molecule has 5 heteroatoms. The van der Waals surface area contributed by atoms with Crippen LogP contribution in [-0.4, -0.2) is 24.0 Å². The highest BCUT2D eigenvalue weighted by Gasteiger charge is 2.34. The Morgan fingerprint density at radius 2 is 2.53 bits per heavy atom. The molecule has 1 amide bonds. The van der Waals surface area contributed by atoms with Crippen LogP contribution in [0.2, 0.25) is 0 Å². The largest absolute Gasteiger partial charge is 0.444 e. The fourth-order valence-electron chi connectivity index (χ4n) is 2.10. The lowest BCUT2D eigenvalue weighted by atomic mass is 9.82. The molecular formula is C12H19N3O2. The monoisotopic (exact) mass is 237 g/mol. The van der Waals surface area contributed by atoms with Crippen LogP contribution in [0.3, 0.4) is 0 Å². The van der Waals surface area contributed by atoms with Gasteiger partial charge >= 0.3 is 0 Å². The molecule has 0 bridgehead atoms. The summed E-state index contributed by atoms with van der Waals surface area (Å²) in [5.74, 6) is 1.39. The lowest BCUT2D eigenvalue weighted by Crippen LogP contribution is -2.48. The van der Waals surface area contributed by atoms with Gasteiger partial charge in [0.15, 0.2) is 0 Å². The number of aromatic nitrogens is 1. The Morgan fingerprint density at radius 3 is 3.12 bits per heavy atom. The molecule has 0 aromatic carbocycles. The van der Waals surface area contributed by atoms with Crippen LogP contribution in [0.25, 0.3) is 0 Å². The summed E-state index contributed by atoms with van der Waals surface area (Å²) < 4.78 is 5.31. The van der Waals surface area contributed by atoms with Crippen molar-refractivity contribution in [2.24, 2.45) is 5.41 Å². The molecule has 1 aromatic rings. The summed E-state index contributed by atoms with van der Waals surface area (Å²) in [5.41, 5.74) is -0.306. The fourth-order valence-corrected chi connectivity index (χ4v) is 2.10. The van der Waals surface area contributed by atoms with E-state index >= 15 is 0 Å². The van der Waals surface area contributed by atoms with E-state index in [9.17, 15) is 4.79 Å². The van der Waals surface area contributed by atoms with E-state index in [1.165, 1.54) is 0 Å². The van der Waals surface area contributed by atoms with Crippen molar-refractivity contribution in [2.75, 3.05) is 13.1 Å². The van der Waals surface area contributed by atoms with Crippen molar-refractivity contribution in [1.29, 1.82) is 0 Å². The lowest BCUT2D eigenvalue weighted by molar-refractivity contribution is -0.131. The van der Waals surface area contributed by atoms with E-state index in [0.29, 0.717) is 12.4 Å². The van der Waals surface area contributed by atoms with Crippen LogP contribution in [0, 0.1) is 12.3 Å². The maximum absolute atomic E-state index is 12.1. The highest BCUT2D eigenvalue weighted by Crippen LogP contribution is 2.25. The number of hydrogen-bond donors (Lipinski definition) is 2.